The third-order valence-electron chi connectivity index (χ3n) is 5.82. The Morgan fingerprint density at radius 2 is 1.59 bits per heavy atom. The topological polar surface area (TPSA) is 267 Å². The molecule has 0 spiro atoms. The number of rotatable bonds is 15. The van der Waals surface area contributed by atoms with Crippen LogP contribution >= 0.6 is 0 Å². The number of aliphatic hydroxyl groups is 1. The Balaban J connectivity index is 2.29. The van der Waals surface area contributed by atoms with Crippen LogP contribution in [0.4, 0.5) is 0 Å². The number of aliphatic carboxylic acids is 2. The van der Waals surface area contributed by atoms with Crippen molar-refractivity contribution >= 4 is 46.5 Å². The third kappa shape index (κ3) is 9.08. The highest BCUT2D eigenvalue weighted by Crippen LogP contribution is 2.19. The number of fused-ring (bicyclic) bond motifs is 1. The van der Waals surface area contributed by atoms with Crippen molar-refractivity contribution in [3.63, 3.8) is 0 Å². The van der Waals surface area contributed by atoms with Gasteiger partial charge in [-0.15, -0.1) is 0 Å². The smallest absolute Gasteiger partial charge is 0.326 e. The monoisotopic (exact) mass is 548 g/mol. The molecule has 5 unspecified atom stereocenters. The highest BCUT2D eigenvalue weighted by molar-refractivity contribution is 5.96. The fourth-order valence-electron chi connectivity index (χ4n) is 3.74. The summed E-state index contributed by atoms with van der Waals surface area (Å²) in [5, 5.41) is 35.9. The van der Waals surface area contributed by atoms with Crippen LogP contribution in [0.5, 0.6) is 0 Å². The molecule has 0 radical (unpaired) electrons. The molecule has 15 heteroatoms. The van der Waals surface area contributed by atoms with E-state index in [1.165, 1.54) is 6.92 Å². The molecule has 1 heterocycles. The normalized spacial score (nSPS) is 14.8. The summed E-state index contributed by atoms with van der Waals surface area (Å²) in [6.45, 7) is 1.20. The Kier molecular flexibility index (Phi) is 10.9. The molecule has 0 saturated carbocycles. The number of carbonyl (C=O) groups is 6. The number of amides is 4. The van der Waals surface area contributed by atoms with E-state index < -0.39 is 78.7 Å². The van der Waals surface area contributed by atoms with E-state index in [2.05, 4.69) is 20.9 Å². The quantitative estimate of drug-likeness (QED) is 0.115. The highest BCUT2D eigenvalue weighted by atomic mass is 16.4. The van der Waals surface area contributed by atoms with Gasteiger partial charge in [-0.05, 0) is 25.0 Å². The zero-order valence-corrected chi connectivity index (χ0v) is 21.0. The molecule has 11 N–H and O–H groups in total. The minimum absolute atomic E-state index is 0.136. The molecule has 2 rings (SSSR count). The van der Waals surface area contributed by atoms with Gasteiger partial charge in [0, 0.05) is 29.9 Å². The average Bonchev–Trinajstić information content (AvgIpc) is 3.26. The molecule has 1 aromatic heterocycles. The SMILES string of the molecule is CC(O)C(NC(=O)C(N)CCC(=O)O)C(=O)NC(Cc1c[nH]c2ccccc12)C(=O)NC(CC(N)=O)C(=O)O. The van der Waals surface area contributed by atoms with Gasteiger partial charge in [-0.3, -0.25) is 24.0 Å². The minimum atomic E-state index is -1.67. The molecule has 0 fully saturated rings. The Labute approximate surface area is 222 Å². The molecule has 4 amide bonds. The number of aromatic nitrogens is 1. The van der Waals surface area contributed by atoms with E-state index >= 15 is 0 Å². The van der Waals surface area contributed by atoms with Gasteiger partial charge in [-0.1, -0.05) is 18.2 Å². The number of carbonyl (C=O) groups excluding carboxylic acids is 4. The molecule has 0 aliphatic heterocycles. The number of H-pyrrole nitrogens is 1. The van der Waals surface area contributed by atoms with Crippen LogP contribution in [0.15, 0.2) is 30.5 Å². The summed E-state index contributed by atoms with van der Waals surface area (Å²) in [5.74, 6) is -6.53. The first-order valence-electron chi connectivity index (χ1n) is 11.9. The van der Waals surface area contributed by atoms with Crippen molar-refractivity contribution in [3.05, 3.63) is 36.0 Å². The highest BCUT2D eigenvalue weighted by Gasteiger charge is 2.33. The van der Waals surface area contributed by atoms with E-state index in [1.807, 2.05) is 0 Å². The van der Waals surface area contributed by atoms with Gasteiger partial charge in [0.15, 0.2) is 0 Å². The number of primary amides is 1. The van der Waals surface area contributed by atoms with Crippen molar-refractivity contribution in [2.45, 2.75) is 62.9 Å². The predicted octanol–water partition coefficient (Wildman–Crippen LogP) is -2.30. The molecule has 0 saturated heterocycles. The number of aliphatic hydroxyl groups excluding tert-OH is 1. The molecule has 15 nitrogen and oxygen atoms in total. The molecule has 0 aliphatic rings. The molecular formula is C24H32N6O9. The van der Waals surface area contributed by atoms with Crippen molar-refractivity contribution in [3.8, 4) is 0 Å². The van der Waals surface area contributed by atoms with Gasteiger partial charge in [0.1, 0.15) is 18.1 Å². The maximum Gasteiger partial charge on any atom is 0.326 e. The Hall–Kier alpha value is -4.50. The summed E-state index contributed by atoms with van der Waals surface area (Å²) >= 11 is 0. The number of hydrogen-bond acceptors (Lipinski definition) is 8. The molecule has 39 heavy (non-hydrogen) atoms. The average molecular weight is 549 g/mol. The molecule has 2 aromatic rings. The van der Waals surface area contributed by atoms with Crippen LogP contribution in [-0.4, -0.2) is 86.1 Å². The summed E-state index contributed by atoms with van der Waals surface area (Å²) in [7, 11) is 0. The largest absolute Gasteiger partial charge is 0.481 e. The number of carboxylic acids is 2. The lowest BCUT2D eigenvalue weighted by Gasteiger charge is -2.26. The third-order valence-corrected chi connectivity index (χ3v) is 5.82. The van der Waals surface area contributed by atoms with Crippen LogP contribution in [0.3, 0.4) is 0 Å². The molecule has 5 atom stereocenters. The fourth-order valence-corrected chi connectivity index (χ4v) is 3.74. The van der Waals surface area contributed by atoms with Gasteiger partial charge >= 0.3 is 11.9 Å². The van der Waals surface area contributed by atoms with Gasteiger partial charge < -0.3 is 47.7 Å². The molecule has 212 valence electrons. The Morgan fingerprint density at radius 1 is 0.949 bits per heavy atom. The number of benzene rings is 1. The van der Waals surface area contributed by atoms with Crippen molar-refractivity contribution in [1.29, 1.82) is 0 Å². The number of aromatic amines is 1. The molecular weight excluding hydrogens is 516 g/mol. The lowest BCUT2D eigenvalue weighted by atomic mass is 10.0. The van der Waals surface area contributed by atoms with E-state index in [0.717, 1.165) is 10.9 Å². The number of hydrogen-bond donors (Lipinski definition) is 9. The second-order valence-electron chi connectivity index (χ2n) is 8.96. The van der Waals surface area contributed by atoms with Crippen molar-refractivity contribution in [1.82, 2.24) is 20.9 Å². The zero-order chi connectivity index (χ0) is 29.3. The maximum atomic E-state index is 13.1. The predicted molar refractivity (Wildman–Crippen MR) is 136 cm³/mol. The van der Waals surface area contributed by atoms with E-state index in [4.69, 9.17) is 16.6 Å². The Morgan fingerprint density at radius 3 is 2.18 bits per heavy atom. The molecule has 0 bridgehead atoms. The second-order valence-corrected chi connectivity index (χ2v) is 8.96. The van der Waals surface area contributed by atoms with Gasteiger partial charge in [-0.25, -0.2) is 4.79 Å². The first-order valence-corrected chi connectivity index (χ1v) is 11.9. The van der Waals surface area contributed by atoms with Crippen LogP contribution in [0, 0.1) is 0 Å². The van der Waals surface area contributed by atoms with Gasteiger partial charge in [-0.2, -0.15) is 0 Å². The fraction of sp³-hybridized carbons (Fsp3) is 0.417. The van der Waals surface area contributed by atoms with Crippen molar-refractivity contribution < 1.29 is 44.1 Å². The first kappa shape index (κ1) is 30.7. The van der Waals surface area contributed by atoms with Crippen LogP contribution in [0.2, 0.25) is 0 Å². The van der Waals surface area contributed by atoms with Crippen LogP contribution < -0.4 is 27.4 Å². The van der Waals surface area contributed by atoms with Gasteiger partial charge in [0.2, 0.25) is 23.6 Å². The van der Waals surface area contributed by atoms with Gasteiger partial charge in [0.25, 0.3) is 0 Å². The Bertz CT molecular complexity index is 1230. The summed E-state index contributed by atoms with van der Waals surface area (Å²) in [6.07, 6.45) is -1.32. The number of carboxylic acid groups (broad SMARTS) is 2. The summed E-state index contributed by atoms with van der Waals surface area (Å²) in [6, 6.07) is 1.13. The van der Waals surface area contributed by atoms with Crippen LogP contribution in [0.25, 0.3) is 10.9 Å². The second kappa shape index (κ2) is 13.9. The summed E-state index contributed by atoms with van der Waals surface area (Å²) < 4.78 is 0. The summed E-state index contributed by atoms with van der Waals surface area (Å²) in [4.78, 5) is 75.2. The van der Waals surface area contributed by atoms with Crippen molar-refractivity contribution in [2.75, 3.05) is 0 Å². The van der Waals surface area contributed by atoms with Crippen LogP contribution in [0.1, 0.15) is 31.7 Å². The lowest BCUT2D eigenvalue weighted by molar-refractivity contribution is -0.144. The number of nitrogens with two attached hydrogens (primary N) is 2. The maximum absolute atomic E-state index is 13.1. The van der Waals surface area contributed by atoms with E-state index in [9.17, 15) is 39.0 Å². The number of nitrogens with one attached hydrogen (secondary N) is 4. The van der Waals surface area contributed by atoms with E-state index in [-0.39, 0.29) is 12.8 Å². The lowest BCUT2D eigenvalue weighted by Crippen LogP contribution is -2.60. The minimum Gasteiger partial charge on any atom is -0.481 e. The summed E-state index contributed by atoms with van der Waals surface area (Å²) in [5.41, 5.74) is 12.1. The van der Waals surface area contributed by atoms with Crippen molar-refractivity contribution in [2.24, 2.45) is 11.5 Å². The van der Waals surface area contributed by atoms with Gasteiger partial charge in [0.05, 0.1) is 18.6 Å². The molecule has 1 aromatic carbocycles. The van der Waals surface area contributed by atoms with E-state index in [0.29, 0.717) is 5.56 Å². The number of para-hydroxylation sites is 1. The van der Waals surface area contributed by atoms with E-state index in [1.54, 1.807) is 30.5 Å². The standard InChI is InChI=1S/C24H32N6O9/c1-11(31)20(30-21(35)14(25)6-7-19(33)34)23(37)28-16(22(36)29-17(24(38)39)9-18(26)32)8-12-10-27-15-5-3-2-4-13(12)15/h2-5,10-11,14,16-17,20,27,31H,6-9,25H2,1H3,(H2,26,32)(H,28,37)(H,29,36)(H,30,35)(H,33,34)(H,38,39). The first-order chi connectivity index (χ1) is 18.3. The van der Waals surface area contributed by atoms with Crippen LogP contribution in [-0.2, 0) is 35.2 Å². The zero-order valence-electron chi connectivity index (χ0n) is 21.0. The molecule has 0 aliphatic carbocycles.